The van der Waals surface area contributed by atoms with Gasteiger partial charge >= 0.3 is 222 Å². The predicted octanol–water partition coefficient (Wildman–Crippen LogP) is 12.6. The molecule has 0 aliphatic heterocycles. The van der Waals surface area contributed by atoms with Crippen LogP contribution in [-0.2, 0) is 6.16 Å². The van der Waals surface area contributed by atoms with E-state index in [4.69, 9.17) is 11.2 Å². The third-order valence-electron chi connectivity index (χ3n) is 7.67. The van der Waals surface area contributed by atoms with Gasteiger partial charge in [0.25, 0.3) is 0 Å². The average molecular weight is 529 g/mol. The molecule has 0 aliphatic rings. The van der Waals surface area contributed by atoms with Gasteiger partial charge in [-0.25, -0.2) is 0 Å². The van der Waals surface area contributed by atoms with Crippen LogP contribution in [0.25, 0.3) is 0 Å². The van der Waals surface area contributed by atoms with E-state index >= 15 is 0 Å². The molecule has 0 aromatic heterocycles. The van der Waals surface area contributed by atoms with E-state index in [9.17, 15) is 0 Å². The second-order valence-electron chi connectivity index (χ2n) is 10.8. The van der Waals surface area contributed by atoms with Gasteiger partial charge in [0, 0.05) is 0 Å². The minimum atomic E-state index is -1.46. The Hall–Kier alpha value is 0.370. The van der Waals surface area contributed by atoms with Crippen molar-refractivity contribution in [1.82, 2.24) is 0 Å². The predicted molar refractivity (Wildman–Crippen MR) is 166 cm³/mol. The van der Waals surface area contributed by atoms with Crippen molar-refractivity contribution < 1.29 is 0 Å². The molecule has 0 bridgehead atoms. The third kappa shape index (κ3) is 15.5. The summed E-state index contributed by atoms with van der Waals surface area (Å²) in [6.07, 6.45) is 31.2. The van der Waals surface area contributed by atoms with Crippen molar-refractivity contribution >= 4 is 25.2 Å². The summed E-state index contributed by atoms with van der Waals surface area (Å²) in [4.78, 5) is 0. The second kappa shape index (κ2) is 22.6. The number of hydrogen-bond donors (Lipinski definition) is 0. The normalized spacial score (nSPS) is 13.3. The molecule has 34 heavy (non-hydrogen) atoms. The zero-order valence-corrected chi connectivity index (χ0v) is 25.9. The maximum absolute atomic E-state index is 7.55. The first-order valence-electron chi connectivity index (χ1n) is 15.2. The molecule has 0 aliphatic carbocycles. The van der Waals surface area contributed by atoms with Gasteiger partial charge < -0.3 is 0 Å². The fraction of sp³-hybridized carbons (Fsp3) is 0.806. The summed E-state index contributed by atoms with van der Waals surface area (Å²) in [5, 5.41) is 0. The molecule has 1 unspecified atom stereocenters. The Balaban J connectivity index is 2.80. The van der Waals surface area contributed by atoms with E-state index in [0.717, 1.165) is 6.16 Å². The van der Waals surface area contributed by atoms with Crippen LogP contribution in [0.2, 0.25) is 0 Å². The molecule has 0 heterocycles. The molecule has 0 saturated carbocycles. The van der Waals surface area contributed by atoms with E-state index in [1.165, 1.54) is 140 Å². The van der Waals surface area contributed by atoms with Crippen LogP contribution in [0.1, 0.15) is 142 Å². The topological polar surface area (TPSA) is 0 Å². The Morgan fingerprint density at radius 1 is 0.529 bits per heavy atom. The van der Waals surface area contributed by atoms with Gasteiger partial charge in [-0.05, 0) is 0 Å². The summed E-state index contributed by atoms with van der Waals surface area (Å²) < 4.78 is 0. The summed E-state index contributed by atoms with van der Waals surface area (Å²) in [5.74, 6) is 0. The van der Waals surface area contributed by atoms with Gasteiger partial charge in [-0.15, -0.1) is 0 Å². The summed E-state index contributed by atoms with van der Waals surface area (Å²) in [6, 6.07) is 11.2. The van der Waals surface area contributed by atoms with E-state index in [0.29, 0.717) is 0 Å². The van der Waals surface area contributed by atoms with Crippen LogP contribution < -0.4 is 0 Å². The fourth-order valence-corrected chi connectivity index (χ4v) is 18.3. The van der Waals surface area contributed by atoms with Crippen LogP contribution in [-0.4, -0.2) is 18.5 Å². The van der Waals surface area contributed by atoms with Crippen molar-refractivity contribution in [3.05, 3.63) is 35.9 Å². The first-order chi connectivity index (χ1) is 16.7. The van der Waals surface area contributed by atoms with Gasteiger partial charge in [0.05, 0.1) is 0 Å². The van der Waals surface area contributed by atoms with Crippen LogP contribution in [0.3, 0.4) is 0 Å². The van der Waals surface area contributed by atoms with Crippen molar-refractivity contribution in [3.63, 3.8) is 0 Å². The Kier molecular flexibility index (Phi) is 21.5. The Labute approximate surface area is 221 Å². The molecular weight excluding hydrogens is 470 g/mol. The van der Waals surface area contributed by atoms with E-state index in [-0.39, 0.29) is 6.96 Å². The molecule has 1 atom stereocenters. The van der Waals surface area contributed by atoms with Crippen molar-refractivity contribution in [2.75, 3.05) is 18.5 Å². The van der Waals surface area contributed by atoms with Crippen molar-refractivity contribution in [2.24, 2.45) is 0 Å². The van der Waals surface area contributed by atoms with Gasteiger partial charge in [0.15, 0.2) is 0 Å². The summed E-state index contributed by atoms with van der Waals surface area (Å²) >= 11 is 7.55. The molecule has 0 saturated heterocycles. The number of halogens is 1. The number of unbranched alkanes of at least 4 members (excludes halogenated alkanes) is 15. The fourth-order valence-electron chi connectivity index (χ4n) is 5.35. The molecule has 200 valence electrons. The van der Waals surface area contributed by atoms with Crippen LogP contribution >= 0.6 is 25.2 Å². The standard InChI is InChI=1S/C31H59ClP2/c1-4-7-10-13-16-22-27-34(28-23-17-14-11-8-5-2,29-24-18-15-12-9-6-3)33(32)30-31-25-20-19-21-26-31/h19-21,25-26,34H,4-18,22-24,27-30H2,1-3H3. The van der Waals surface area contributed by atoms with Gasteiger partial charge in [0.1, 0.15) is 0 Å². The molecule has 3 heteroatoms. The molecule has 0 spiro atoms. The van der Waals surface area contributed by atoms with Gasteiger partial charge in [-0.1, -0.05) is 0 Å². The van der Waals surface area contributed by atoms with E-state index in [1.54, 1.807) is 0 Å². The quantitative estimate of drug-likeness (QED) is 0.0923. The van der Waals surface area contributed by atoms with Crippen LogP contribution in [0.15, 0.2) is 30.3 Å². The molecule has 1 rings (SSSR count). The number of rotatable bonds is 24. The molecule has 0 fully saturated rings. The Morgan fingerprint density at radius 3 is 1.26 bits per heavy atom. The van der Waals surface area contributed by atoms with Crippen LogP contribution in [0.5, 0.6) is 0 Å². The first-order valence-corrected chi connectivity index (χ1v) is 21.0. The van der Waals surface area contributed by atoms with Gasteiger partial charge in [-0.3, -0.25) is 0 Å². The second-order valence-corrected chi connectivity index (χ2v) is 22.3. The van der Waals surface area contributed by atoms with Gasteiger partial charge in [0.2, 0.25) is 0 Å². The Morgan fingerprint density at radius 2 is 0.882 bits per heavy atom. The van der Waals surface area contributed by atoms with E-state index < -0.39 is 6.95 Å². The molecule has 0 N–H and O–H groups in total. The SMILES string of the molecule is CCCCCCCC[PH](CCCCCCCC)(CCCCCCCC)P(Cl)Cc1ccccc1. The zero-order chi connectivity index (χ0) is 24.7. The molecule has 1 aromatic rings. The monoisotopic (exact) mass is 528 g/mol. The summed E-state index contributed by atoms with van der Waals surface area (Å²) in [7, 11) is 0. The van der Waals surface area contributed by atoms with Crippen molar-refractivity contribution in [1.29, 1.82) is 0 Å². The Bertz CT molecular complexity index is 507. The molecular formula is C31H59ClP2. The minimum absolute atomic E-state index is 0.376. The molecule has 0 radical (unpaired) electrons. The number of hydrogen-bond acceptors (Lipinski definition) is 0. The number of benzene rings is 1. The maximum atomic E-state index is 7.55. The zero-order valence-electron chi connectivity index (χ0n) is 23.3. The van der Waals surface area contributed by atoms with Crippen LogP contribution in [0.4, 0.5) is 0 Å². The van der Waals surface area contributed by atoms with E-state index in [1.807, 2.05) is 0 Å². The van der Waals surface area contributed by atoms with Crippen molar-refractivity contribution in [2.45, 2.75) is 143 Å². The van der Waals surface area contributed by atoms with Gasteiger partial charge in [-0.2, -0.15) is 0 Å². The summed E-state index contributed by atoms with van der Waals surface area (Å²) in [6.45, 7) is 5.13. The first kappa shape index (κ1) is 32.4. The average Bonchev–Trinajstić information content (AvgIpc) is 2.85. The molecule has 0 amide bonds. The molecule has 1 aromatic carbocycles. The summed E-state index contributed by atoms with van der Waals surface area (Å²) in [5.41, 5.74) is 1.48. The van der Waals surface area contributed by atoms with Crippen LogP contribution in [0, 0.1) is 0 Å². The molecule has 0 nitrogen and oxygen atoms in total. The van der Waals surface area contributed by atoms with E-state index in [2.05, 4.69) is 51.1 Å². The third-order valence-corrected chi connectivity index (χ3v) is 22.4. The van der Waals surface area contributed by atoms with Crippen molar-refractivity contribution in [3.8, 4) is 0 Å².